The van der Waals surface area contributed by atoms with Gasteiger partial charge in [0.15, 0.2) is 0 Å². The molecular weight excluding hydrogens is 344 g/mol. The van der Waals surface area contributed by atoms with Crippen molar-refractivity contribution in [2.75, 3.05) is 12.4 Å². The van der Waals surface area contributed by atoms with Gasteiger partial charge in [-0.05, 0) is 37.6 Å². The van der Waals surface area contributed by atoms with Crippen molar-refractivity contribution < 1.29 is 9.53 Å². The van der Waals surface area contributed by atoms with Gasteiger partial charge in [-0.25, -0.2) is 4.68 Å². The maximum atomic E-state index is 12.2. The van der Waals surface area contributed by atoms with Gasteiger partial charge in [-0.15, -0.1) is 0 Å². The van der Waals surface area contributed by atoms with E-state index in [-0.39, 0.29) is 24.4 Å². The van der Waals surface area contributed by atoms with E-state index in [1.807, 2.05) is 6.07 Å². The first-order valence-corrected chi connectivity index (χ1v) is 7.87. The number of ether oxygens (including phenoxy) is 1. The molecule has 1 N–H and O–H groups in total. The molecule has 0 aliphatic carbocycles. The Kier molecular flexibility index (Phi) is 5.78. The van der Waals surface area contributed by atoms with Gasteiger partial charge < -0.3 is 10.1 Å². The van der Waals surface area contributed by atoms with E-state index in [1.165, 1.54) is 7.11 Å². The Balaban J connectivity index is 2.14. The fourth-order valence-electron chi connectivity index (χ4n) is 2.25. The summed E-state index contributed by atoms with van der Waals surface area (Å²) < 4.78 is 6.30. The van der Waals surface area contributed by atoms with Crippen molar-refractivity contribution in [1.29, 1.82) is 5.26 Å². The Bertz CT molecular complexity index is 915. The summed E-state index contributed by atoms with van der Waals surface area (Å²) in [5.41, 5.74) is 1.12. The average molecular weight is 361 g/mol. The highest BCUT2D eigenvalue weighted by atomic mass is 35.5. The van der Waals surface area contributed by atoms with E-state index in [4.69, 9.17) is 21.6 Å². The highest BCUT2D eigenvalue weighted by Gasteiger charge is 2.13. The van der Waals surface area contributed by atoms with Crippen LogP contribution in [0.5, 0.6) is 5.75 Å². The van der Waals surface area contributed by atoms with Gasteiger partial charge in [-0.3, -0.25) is 9.59 Å². The van der Waals surface area contributed by atoms with Crippen LogP contribution in [0.15, 0.2) is 23.0 Å². The van der Waals surface area contributed by atoms with E-state index in [9.17, 15) is 9.59 Å². The number of nitrogens with zero attached hydrogens (tertiary/aromatic N) is 3. The minimum Gasteiger partial charge on any atom is -0.495 e. The molecule has 0 spiro atoms. The number of nitrogens with one attached hydrogen (secondary N) is 1. The molecule has 130 valence electrons. The van der Waals surface area contributed by atoms with E-state index >= 15 is 0 Å². The largest absolute Gasteiger partial charge is 0.495 e. The summed E-state index contributed by atoms with van der Waals surface area (Å²) in [7, 11) is 1.49. The summed E-state index contributed by atoms with van der Waals surface area (Å²) in [5.74, 6) is 0.150. The van der Waals surface area contributed by atoms with Gasteiger partial charge in [0.05, 0.1) is 25.0 Å². The monoisotopic (exact) mass is 360 g/mol. The molecule has 0 bridgehead atoms. The molecule has 2 aromatic rings. The van der Waals surface area contributed by atoms with Gasteiger partial charge in [0.2, 0.25) is 5.91 Å². The minimum absolute atomic E-state index is 0.00986. The molecule has 0 aliphatic heterocycles. The van der Waals surface area contributed by atoms with Crippen LogP contribution in [0.3, 0.4) is 0 Å². The highest BCUT2D eigenvalue weighted by Crippen LogP contribution is 2.27. The van der Waals surface area contributed by atoms with E-state index in [0.717, 1.165) is 4.68 Å². The molecule has 0 fully saturated rings. The lowest BCUT2D eigenvalue weighted by atomic mass is 10.1. The van der Waals surface area contributed by atoms with Gasteiger partial charge in [0.25, 0.3) is 5.56 Å². The molecule has 0 saturated heterocycles. The Labute approximate surface area is 149 Å². The van der Waals surface area contributed by atoms with E-state index < -0.39 is 5.56 Å². The van der Waals surface area contributed by atoms with Crippen LogP contribution in [0.25, 0.3) is 0 Å². The smallest absolute Gasteiger partial charge is 0.284 e. The molecule has 0 aliphatic rings. The fraction of sp³-hybridized carbons (Fsp3) is 0.294. The van der Waals surface area contributed by atoms with Crippen LogP contribution in [0.4, 0.5) is 5.69 Å². The number of carbonyl (C=O) groups is 1. The zero-order valence-electron chi connectivity index (χ0n) is 14.1. The van der Waals surface area contributed by atoms with Gasteiger partial charge >= 0.3 is 0 Å². The Hall–Kier alpha value is -2.85. The number of methoxy groups -OCH3 is 1. The molecule has 8 heteroatoms. The first-order valence-electron chi connectivity index (χ1n) is 7.49. The maximum Gasteiger partial charge on any atom is 0.284 e. The lowest BCUT2D eigenvalue weighted by molar-refractivity contribution is -0.116. The summed E-state index contributed by atoms with van der Waals surface area (Å²) in [6.45, 7) is 3.44. The molecule has 0 unspecified atom stereocenters. The standard InChI is InChI=1S/C17H17ClN4O3/c1-10-11(2)21-22(17(24)13(10)9-19)7-6-16(23)20-14-8-12(18)4-5-15(14)25-3/h4-5,8H,6-7H2,1-3H3,(H,20,23). The third kappa shape index (κ3) is 4.17. The summed E-state index contributed by atoms with van der Waals surface area (Å²) >= 11 is 5.92. The predicted octanol–water partition coefficient (Wildman–Crippen LogP) is 2.42. The molecule has 1 aromatic carbocycles. The average Bonchev–Trinajstić information content (AvgIpc) is 2.58. The number of aromatic nitrogens is 2. The van der Waals surface area contributed by atoms with Crippen LogP contribution in [-0.4, -0.2) is 22.8 Å². The molecule has 1 heterocycles. The quantitative estimate of drug-likeness (QED) is 0.883. The number of halogens is 1. The third-order valence-corrected chi connectivity index (χ3v) is 3.97. The van der Waals surface area contributed by atoms with Crippen LogP contribution in [-0.2, 0) is 11.3 Å². The second kappa shape index (κ2) is 7.81. The molecule has 2 rings (SSSR count). The van der Waals surface area contributed by atoms with E-state index in [2.05, 4.69) is 10.4 Å². The number of amides is 1. The number of hydrogen-bond donors (Lipinski definition) is 1. The highest BCUT2D eigenvalue weighted by molar-refractivity contribution is 6.31. The van der Waals surface area contributed by atoms with Gasteiger partial charge in [0, 0.05) is 11.4 Å². The van der Waals surface area contributed by atoms with Crippen molar-refractivity contribution in [1.82, 2.24) is 9.78 Å². The SMILES string of the molecule is COc1ccc(Cl)cc1NC(=O)CCn1nc(C)c(C)c(C#N)c1=O. The molecule has 1 aromatic heterocycles. The topological polar surface area (TPSA) is 97.0 Å². The molecule has 0 saturated carbocycles. The third-order valence-electron chi connectivity index (χ3n) is 3.73. The Morgan fingerprint density at radius 3 is 2.80 bits per heavy atom. The second-order valence-electron chi connectivity index (χ2n) is 5.37. The summed E-state index contributed by atoms with van der Waals surface area (Å²) in [4.78, 5) is 24.4. The molecule has 0 atom stereocenters. The number of carbonyl (C=O) groups excluding carboxylic acids is 1. The predicted molar refractivity (Wildman–Crippen MR) is 93.9 cm³/mol. The normalized spacial score (nSPS) is 10.2. The van der Waals surface area contributed by atoms with E-state index in [1.54, 1.807) is 32.0 Å². The van der Waals surface area contributed by atoms with Crippen LogP contribution >= 0.6 is 11.6 Å². The summed E-state index contributed by atoms with van der Waals surface area (Å²) in [6.07, 6.45) is 0.00986. The maximum absolute atomic E-state index is 12.2. The van der Waals surface area contributed by atoms with Crippen LogP contribution in [0.1, 0.15) is 23.2 Å². The lowest BCUT2D eigenvalue weighted by Crippen LogP contribution is -2.29. The van der Waals surface area contributed by atoms with Gasteiger partial charge in [-0.2, -0.15) is 10.4 Å². The number of rotatable bonds is 5. The zero-order chi connectivity index (χ0) is 18.6. The van der Waals surface area contributed by atoms with Gasteiger partial charge in [-0.1, -0.05) is 11.6 Å². The van der Waals surface area contributed by atoms with Crippen molar-refractivity contribution in [2.24, 2.45) is 0 Å². The van der Waals surface area contributed by atoms with Crippen LogP contribution in [0.2, 0.25) is 5.02 Å². The summed E-state index contributed by atoms with van der Waals surface area (Å²) in [5, 5.41) is 16.4. The van der Waals surface area contributed by atoms with Crippen LogP contribution < -0.4 is 15.6 Å². The number of anilines is 1. The number of nitriles is 1. The first kappa shape index (κ1) is 18.5. The molecule has 1 amide bonds. The van der Waals surface area contributed by atoms with Crippen molar-refractivity contribution in [2.45, 2.75) is 26.8 Å². The van der Waals surface area contributed by atoms with Gasteiger partial charge in [0.1, 0.15) is 17.4 Å². The van der Waals surface area contributed by atoms with Crippen molar-refractivity contribution in [3.63, 3.8) is 0 Å². The van der Waals surface area contributed by atoms with Crippen molar-refractivity contribution >= 4 is 23.2 Å². The fourth-order valence-corrected chi connectivity index (χ4v) is 2.43. The minimum atomic E-state index is -0.501. The lowest BCUT2D eigenvalue weighted by Gasteiger charge is -2.11. The van der Waals surface area contributed by atoms with Crippen molar-refractivity contribution in [3.05, 3.63) is 50.4 Å². The molecule has 7 nitrogen and oxygen atoms in total. The molecular formula is C17H17ClN4O3. The van der Waals surface area contributed by atoms with Crippen molar-refractivity contribution in [3.8, 4) is 11.8 Å². The Morgan fingerprint density at radius 1 is 1.44 bits per heavy atom. The number of hydrogen-bond acceptors (Lipinski definition) is 5. The molecule has 0 radical (unpaired) electrons. The zero-order valence-corrected chi connectivity index (χ0v) is 14.8. The number of aryl methyl sites for hydroxylation is 2. The second-order valence-corrected chi connectivity index (χ2v) is 5.80. The number of benzene rings is 1. The van der Waals surface area contributed by atoms with E-state index in [0.29, 0.717) is 27.7 Å². The molecule has 25 heavy (non-hydrogen) atoms. The Morgan fingerprint density at radius 2 is 2.16 bits per heavy atom. The first-order chi connectivity index (χ1) is 11.9. The van der Waals surface area contributed by atoms with Crippen LogP contribution in [0, 0.1) is 25.2 Å². The summed E-state index contributed by atoms with van der Waals surface area (Å²) in [6, 6.07) is 6.76.